The van der Waals surface area contributed by atoms with E-state index < -0.39 is 15.4 Å². The van der Waals surface area contributed by atoms with Crippen LogP contribution in [-0.4, -0.2) is 86.1 Å². The maximum Gasteiger partial charge on any atom is 0.410 e. The van der Waals surface area contributed by atoms with Gasteiger partial charge in [0.1, 0.15) is 6.61 Å². The Bertz CT molecular complexity index is 1480. The first kappa shape index (κ1) is 37.9. The first-order valence-electron chi connectivity index (χ1n) is 17.2. The molecule has 48 heavy (non-hydrogen) atoms. The van der Waals surface area contributed by atoms with E-state index in [0.717, 1.165) is 43.6 Å². The number of nitrogens with zero attached hydrogens (tertiary/aromatic N) is 3. The van der Waals surface area contributed by atoms with Gasteiger partial charge >= 0.3 is 6.09 Å². The van der Waals surface area contributed by atoms with E-state index in [9.17, 15) is 18.3 Å². The van der Waals surface area contributed by atoms with Gasteiger partial charge in [-0.2, -0.15) is 4.31 Å². The molecule has 1 atom stereocenters. The van der Waals surface area contributed by atoms with Gasteiger partial charge in [0.25, 0.3) is 0 Å². The third kappa shape index (κ3) is 9.82. The maximum atomic E-state index is 13.5. The van der Waals surface area contributed by atoms with Crippen molar-refractivity contribution in [3.05, 3.63) is 102 Å². The topological polar surface area (TPSA) is 90.4 Å². The number of benzene rings is 3. The number of rotatable bonds is 14. The molecule has 1 heterocycles. The van der Waals surface area contributed by atoms with Crippen molar-refractivity contribution in [2.24, 2.45) is 5.92 Å². The van der Waals surface area contributed by atoms with Crippen LogP contribution in [0.4, 0.5) is 4.79 Å². The summed E-state index contributed by atoms with van der Waals surface area (Å²) in [5, 5.41) is 10.9. The highest BCUT2D eigenvalue weighted by Gasteiger charge is 2.38. The van der Waals surface area contributed by atoms with E-state index in [1.54, 1.807) is 37.4 Å². The van der Waals surface area contributed by atoms with Gasteiger partial charge in [-0.05, 0) is 67.8 Å². The minimum absolute atomic E-state index is 0. The third-order valence-electron chi connectivity index (χ3n) is 10.2. The van der Waals surface area contributed by atoms with Gasteiger partial charge in [-0.1, -0.05) is 98.1 Å². The van der Waals surface area contributed by atoms with Crippen LogP contribution >= 0.6 is 12.4 Å². The molecule has 1 aliphatic carbocycles. The zero-order valence-corrected chi connectivity index (χ0v) is 29.8. The molecule has 2 fully saturated rings. The molecule has 5 rings (SSSR count). The summed E-state index contributed by atoms with van der Waals surface area (Å²) in [6, 6.07) is 28.2. The molecular weight excluding hydrogens is 646 g/mol. The highest BCUT2D eigenvalue weighted by atomic mass is 35.5. The van der Waals surface area contributed by atoms with Crippen LogP contribution < -0.4 is 0 Å². The smallest absolute Gasteiger partial charge is 0.410 e. The van der Waals surface area contributed by atoms with Gasteiger partial charge in [0.2, 0.25) is 10.0 Å². The Kier molecular flexibility index (Phi) is 14.3. The van der Waals surface area contributed by atoms with Gasteiger partial charge in [-0.3, -0.25) is 0 Å². The van der Waals surface area contributed by atoms with Gasteiger partial charge < -0.3 is 19.6 Å². The summed E-state index contributed by atoms with van der Waals surface area (Å²) in [5.74, 6) is 0.520. The number of likely N-dealkylation sites (N-methyl/N-ethyl adjacent to an activating group) is 1. The van der Waals surface area contributed by atoms with Crippen LogP contribution in [0.5, 0.6) is 0 Å². The second-order valence-electron chi connectivity index (χ2n) is 13.4. The lowest BCUT2D eigenvalue weighted by Gasteiger charge is -2.41. The summed E-state index contributed by atoms with van der Waals surface area (Å²) in [7, 11) is -2.14. The predicted octanol–water partition coefficient (Wildman–Crippen LogP) is 6.73. The Morgan fingerprint density at radius 1 is 0.875 bits per heavy atom. The van der Waals surface area contributed by atoms with E-state index in [-0.39, 0.29) is 49.2 Å². The molecule has 8 nitrogen and oxygen atoms in total. The van der Waals surface area contributed by atoms with Crippen LogP contribution in [0, 0.1) is 5.92 Å². The van der Waals surface area contributed by atoms with E-state index in [2.05, 4.69) is 4.90 Å². The molecule has 1 unspecified atom stereocenters. The molecule has 3 aromatic carbocycles. The number of halogens is 1. The second kappa shape index (κ2) is 18.2. The van der Waals surface area contributed by atoms with E-state index in [1.807, 2.05) is 65.6 Å². The number of likely N-dealkylation sites (tertiary alicyclic amines) is 1. The molecule has 1 saturated carbocycles. The fourth-order valence-corrected chi connectivity index (χ4v) is 8.54. The van der Waals surface area contributed by atoms with Crippen LogP contribution in [-0.2, 0) is 26.8 Å². The van der Waals surface area contributed by atoms with Crippen molar-refractivity contribution in [3.8, 4) is 0 Å². The quantitative estimate of drug-likeness (QED) is 0.201. The number of carbonyl (C=O) groups is 1. The van der Waals surface area contributed by atoms with E-state index in [0.29, 0.717) is 18.9 Å². The first-order valence-corrected chi connectivity index (χ1v) is 18.6. The lowest BCUT2D eigenvalue weighted by Crippen LogP contribution is -2.51. The van der Waals surface area contributed by atoms with Crippen molar-refractivity contribution in [2.45, 2.75) is 74.3 Å². The third-order valence-corrected chi connectivity index (χ3v) is 12.0. The molecule has 0 bridgehead atoms. The fourth-order valence-electron chi connectivity index (χ4n) is 7.26. The second-order valence-corrected chi connectivity index (χ2v) is 15.4. The number of hydrogen-bond acceptors (Lipinski definition) is 6. The molecular formula is C38H52ClN3O5S. The van der Waals surface area contributed by atoms with Gasteiger partial charge in [0.05, 0.1) is 11.5 Å². The van der Waals surface area contributed by atoms with E-state index in [1.165, 1.54) is 36.4 Å². The molecule has 10 heteroatoms. The molecule has 1 aliphatic heterocycles. The predicted molar refractivity (Wildman–Crippen MR) is 193 cm³/mol. The normalized spacial score (nSPS) is 17.7. The van der Waals surface area contributed by atoms with Crippen molar-refractivity contribution in [1.29, 1.82) is 0 Å². The fraction of sp³-hybridized carbons (Fsp3) is 0.500. The Labute approximate surface area is 293 Å². The summed E-state index contributed by atoms with van der Waals surface area (Å²) in [5.41, 5.74) is 1.14. The largest absolute Gasteiger partial charge is 0.445 e. The average molecular weight is 698 g/mol. The number of piperidine rings is 1. The van der Waals surface area contributed by atoms with Gasteiger partial charge in [-0.15, -0.1) is 12.4 Å². The van der Waals surface area contributed by atoms with Gasteiger partial charge in [0, 0.05) is 44.7 Å². The molecule has 262 valence electrons. The number of ether oxygens (including phenoxy) is 1. The highest BCUT2D eigenvalue weighted by molar-refractivity contribution is 7.89. The standard InChI is InChI=1S/C38H51N3O5S.ClH/c1-39(47(44,45)36-20-12-5-13-21-36)30-38(31-42,34-18-10-4-11-19-34)24-27-40-25-22-35(23-26-40)41(28-32-14-6-2-7-15-32)37(43)46-29-33-16-8-3-9-17-33;/h3-5,8-13,16-21,32,35,42H,2,6-7,14-15,22-31H2,1H3;1H. The number of amides is 1. The summed E-state index contributed by atoms with van der Waals surface area (Å²) < 4.78 is 34.2. The molecule has 2 aliphatic rings. The van der Waals surface area contributed by atoms with Crippen molar-refractivity contribution in [2.75, 3.05) is 46.4 Å². The minimum atomic E-state index is -3.73. The molecule has 0 spiro atoms. The minimum Gasteiger partial charge on any atom is -0.445 e. The lowest BCUT2D eigenvalue weighted by atomic mass is 9.77. The zero-order chi connectivity index (χ0) is 33.1. The van der Waals surface area contributed by atoms with Gasteiger partial charge in [0.15, 0.2) is 0 Å². The molecule has 1 amide bonds. The molecule has 1 saturated heterocycles. The summed E-state index contributed by atoms with van der Waals surface area (Å²) >= 11 is 0. The van der Waals surface area contributed by atoms with Crippen molar-refractivity contribution < 1.29 is 23.1 Å². The zero-order valence-electron chi connectivity index (χ0n) is 28.2. The SMILES string of the molecule is CN(CC(CO)(CCN1CCC(N(CC2CCCCC2)C(=O)OCc2ccccc2)CC1)c1ccccc1)S(=O)(=O)c1ccccc1.Cl. The van der Waals surface area contributed by atoms with Crippen LogP contribution in [0.15, 0.2) is 95.9 Å². The Morgan fingerprint density at radius 3 is 2.06 bits per heavy atom. The number of carbonyl (C=O) groups excluding carboxylic acids is 1. The number of sulfonamides is 1. The molecule has 0 radical (unpaired) electrons. The van der Waals surface area contributed by atoms with Gasteiger partial charge in [-0.25, -0.2) is 13.2 Å². The van der Waals surface area contributed by atoms with Crippen LogP contribution in [0.2, 0.25) is 0 Å². The van der Waals surface area contributed by atoms with Crippen molar-refractivity contribution in [1.82, 2.24) is 14.1 Å². The number of aliphatic hydroxyl groups is 1. The molecule has 1 N–H and O–H groups in total. The Balaban J connectivity index is 0.00000520. The van der Waals surface area contributed by atoms with Crippen LogP contribution in [0.1, 0.15) is 62.5 Å². The Hall–Kier alpha value is -2.95. The highest BCUT2D eigenvalue weighted by Crippen LogP contribution is 2.32. The van der Waals surface area contributed by atoms with E-state index in [4.69, 9.17) is 4.74 Å². The first-order chi connectivity index (χ1) is 22.8. The van der Waals surface area contributed by atoms with E-state index >= 15 is 0 Å². The number of hydrogen-bond donors (Lipinski definition) is 1. The summed E-state index contributed by atoms with van der Waals surface area (Å²) in [4.78, 5) is 18.2. The monoisotopic (exact) mass is 697 g/mol. The molecule has 3 aromatic rings. The lowest BCUT2D eigenvalue weighted by molar-refractivity contribution is 0.0477. The number of aliphatic hydroxyl groups excluding tert-OH is 1. The Morgan fingerprint density at radius 2 is 1.46 bits per heavy atom. The average Bonchev–Trinajstić information content (AvgIpc) is 3.13. The van der Waals surface area contributed by atoms with Crippen molar-refractivity contribution >= 4 is 28.5 Å². The van der Waals surface area contributed by atoms with Crippen molar-refractivity contribution in [3.63, 3.8) is 0 Å². The summed E-state index contributed by atoms with van der Waals surface area (Å²) in [6.45, 7) is 3.37. The maximum absolute atomic E-state index is 13.5. The molecule has 0 aromatic heterocycles. The van der Waals surface area contributed by atoms with Crippen LogP contribution in [0.25, 0.3) is 0 Å². The summed E-state index contributed by atoms with van der Waals surface area (Å²) in [6.07, 6.45) is 8.15. The van der Waals surface area contributed by atoms with Crippen LogP contribution in [0.3, 0.4) is 0 Å².